The first-order chi connectivity index (χ1) is 11.8. The molecular formula is C19H35IN4O. The van der Waals surface area contributed by atoms with E-state index in [0.717, 1.165) is 18.9 Å². The van der Waals surface area contributed by atoms with Gasteiger partial charge in [0.05, 0.1) is 0 Å². The smallest absolute Gasteiger partial charge is 0.220 e. The molecule has 0 aliphatic heterocycles. The highest BCUT2D eigenvalue weighted by Gasteiger charge is 2.17. The quantitative estimate of drug-likeness (QED) is 0.170. The van der Waals surface area contributed by atoms with E-state index in [4.69, 9.17) is 0 Å². The molecular weight excluding hydrogens is 427 g/mol. The van der Waals surface area contributed by atoms with Crippen molar-refractivity contribution in [1.29, 1.82) is 0 Å². The van der Waals surface area contributed by atoms with Crippen LogP contribution in [0.2, 0.25) is 0 Å². The Morgan fingerprint density at radius 2 is 1.80 bits per heavy atom. The maximum atomic E-state index is 11.9. The van der Waals surface area contributed by atoms with Crippen molar-refractivity contribution in [3.63, 3.8) is 0 Å². The number of guanidine groups is 1. The van der Waals surface area contributed by atoms with Crippen LogP contribution >= 0.6 is 24.0 Å². The Morgan fingerprint density at radius 3 is 2.48 bits per heavy atom. The van der Waals surface area contributed by atoms with Crippen LogP contribution in [0.3, 0.4) is 0 Å². The average molecular weight is 462 g/mol. The van der Waals surface area contributed by atoms with Gasteiger partial charge in [-0.3, -0.25) is 9.79 Å². The molecule has 0 radical (unpaired) electrons. The van der Waals surface area contributed by atoms with Crippen LogP contribution in [0.15, 0.2) is 16.6 Å². The Morgan fingerprint density at radius 1 is 1.08 bits per heavy atom. The van der Waals surface area contributed by atoms with Crippen molar-refractivity contribution in [2.24, 2.45) is 10.9 Å². The standard InChI is InChI=1S/C19H34N4O.HI/c1-20-19(22-12-11-16-7-3-2-4-8-16)23-14-13-21-18(24)15-17-9-5-6-10-17;/h7,17H,2-6,8-15H2,1H3,(H,21,24)(H2,20,22,23);1H. The van der Waals surface area contributed by atoms with Crippen LogP contribution in [0.5, 0.6) is 0 Å². The number of hydrogen-bond donors (Lipinski definition) is 3. The monoisotopic (exact) mass is 462 g/mol. The summed E-state index contributed by atoms with van der Waals surface area (Å²) in [5, 5.41) is 9.61. The number of amides is 1. The first-order valence-electron chi connectivity index (χ1n) is 9.67. The predicted molar refractivity (Wildman–Crippen MR) is 116 cm³/mol. The number of nitrogens with one attached hydrogen (secondary N) is 3. The molecule has 144 valence electrons. The average Bonchev–Trinajstić information content (AvgIpc) is 3.11. The zero-order chi connectivity index (χ0) is 17.0. The van der Waals surface area contributed by atoms with Gasteiger partial charge in [0.25, 0.3) is 0 Å². The molecule has 1 amide bonds. The molecule has 0 aromatic rings. The number of carbonyl (C=O) groups excluding carboxylic acids is 1. The molecule has 3 N–H and O–H groups in total. The lowest BCUT2D eigenvalue weighted by atomic mass is 9.97. The Balaban J connectivity index is 0.00000312. The van der Waals surface area contributed by atoms with Gasteiger partial charge in [-0.2, -0.15) is 0 Å². The van der Waals surface area contributed by atoms with Crippen molar-refractivity contribution >= 4 is 35.8 Å². The highest BCUT2D eigenvalue weighted by molar-refractivity contribution is 14.0. The lowest BCUT2D eigenvalue weighted by Gasteiger charge is -2.15. The highest BCUT2D eigenvalue weighted by atomic mass is 127. The number of allylic oxidation sites excluding steroid dienone is 1. The molecule has 0 atom stereocenters. The topological polar surface area (TPSA) is 65.5 Å². The second-order valence-electron chi connectivity index (χ2n) is 6.99. The van der Waals surface area contributed by atoms with Crippen LogP contribution in [0.1, 0.15) is 64.2 Å². The maximum absolute atomic E-state index is 11.9. The summed E-state index contributed by atoms with van der Waals surface area (Å²) in [6.45, 7) is 2.27. The molecule has 0 aromatic carbocycles. The van der Waals surface area contributed by atoms with Crippen LogP contribution in [0.4, 0.5) is 0 Å². The second-order valence-corrected chi connectivity index (χ2v) is 6.99. The molecule has 2 rings (SSSR count). The van der Waals surface area contributed by atoms with Crippen LogP contribution < -0.4 is 16.0 Å². The minimum atomic E-state index is 0. The first-order valence-corrected chi connectivity index (χ1v) is 9.67. The molecule has 25 heavy (non-hydrogen) atoms. The van der Waals surface area contributed by atoms with Gasteiger partial charge in [-0.15, -0.1) is 24.0 Å². The summed E-state index contributed by atoms with van der Waals surface area (Å²) in [7, 11) is 1.79. The van der Waals surface area contributed by atoms with Crippen molar-refractivity contribution < 1.29 is 4.79 Å². The van der Waals surface area contributed by atoms with Gasteiger partial charge in [0.2, 0.25) is 5.91 Å². The van der Waals surface area contributed by atoms with Gasteiger partial charge < -0.3 is 16.0 Å². The fourth-order valence-electron chi connectivity index (χ4n) is 3.63. The van der Waals surface area contributed by atoms with Gasteiger partial charge in [0.15, 0.2) is 5.96 Å². The van der Waals surface area contributed by atoms with Crippen LogP contribution in [0.25, 0.3) is 0 Å². The van der Waals surface area contributed by atoms with Crippen LogP contribution in [-0.2, 0) is 4.79 Å². The van der Waals surface area contributed by atoms with E-state index in [-0.39, 0.29) is 29.9 Å². The Bertz CT molecular complexity index is 445. The van der Waals surface area contributed by atoms with E-state index in [1.165, 1.54) is 51.4 Å². The van der Waals surface area contributed by atoms with E-state index in [9.17, 15) is 4.79 Å². The zero-order valence-corrected chi connectivity index (χ0v) is 17.9. The van der Waals surface area contributed by atoms with E-state index in [2.05, 4.69) is 27.0 Å². The number of carbonyl (C=O) groups is 1. The zero-order valence-electron chi connectivity index (χ0n) is 15.6. The minimum Gasteiger partial charge on any atom is -0.356 e. The molecule has 0 saturated heterocycles. The Labute approximate surface area is 169 Å². The predicted octanol–water partition coefficient (Wildman–Crippen LogP) is 3.36. The Kier molecular flexibility index (Phi) is 11.9. The summed E-state index contributed by atoms with van der Waals surface area (Å²) < 4.78 is 0. The molecule has 6 heteroatoms. The fraction of sp³-hybridized carbons (Fsp3) is 0.789. The normalized spacial score (nSPS) is 18.3. The molecule has 0 aromatic heterocycles. The van der Waals surface area contributed by atoms with Gasteiger partial charge in [0, 0.05) is 33.1 Å². The molecule has 1 fully saturated rings. The third-order valence-electron chi connectivity index (χ3n) is 5.04. The number of nitrogens with zero attached hydrogens (tertiary/aromatic N) is 1. The van der Waals surface area contributed by atoms with Crippen LogP contribution in [0, 0.1) is 5.92 Å². The van der Waals surface area contributed by atoms with Gasteiger partial charge in [-0.05, 0) is 50.9 Å². The van der Waals surface area contributed by atoms with Crippen molar-refractivity contribution in [2.45, 2.75) is 64.2 Å². The van der Waals surface area contributed by atoms with Crippen molar-refractivity contribution in [2.75, 3.05) is 26.7 Å². The summed E-state index contributed by atoms with van der Waals surface area (Å²) in [5.74, 6) is 1.62. The fourth-order valence-corrected chi connectivity index (χ4v) is 3.63. The summed E-state index contributed by atoms with van der Waals surface area (Å²) in [6, 6.07) is 0. The molecule has 2 aliphatic rings. The summed E-state index contributed by atoms with van der Waals surface area (Å²) >= 11 is 0. The van der Waals surface area contributed by atoms with Gasteiger partial charge >= 0.3 is 0 Å². The number of aliphatic imine (C=N–C) groups is 1. The molecule has 5 nitrogen and oxygen atoms in total. The van der Waals surface area contributed by atoms with E-state index >= 15 is 0 Å². The maximum Gasteiger partial charge on any atom is 0.220 e. The number of rotatable bonds is 8. The van der Waals surface area contributed by atoms with E-state index < -0.39 is 0 Å². The lowest BCUT2D eigenvalue weighted by molar-refractivity contribution is -0.121. The van der Waals surface area contributed by atoms with Crippen molar-refractivity contribution in [1.82, 2.24) is 16.0 Å². The second kappa shape index (κ2) is 13.4. The highest BCUT2D eigenvalue weighted by Crippen LogP contribution is 2.27. The summed E-state index contributed by atoms with van der Waals surface area (Å²) in [4.78, 5) is 16.1. The van der Waals surface area contributed by atoms with Gasteiger partial charge in [-0.1, -0.05) is 24.5 Å². The third-order valence-corrected chi connectivity index (χ3v) is 5.04. The number of halogens is 1. The Hall–Kier alpha value is -0.790. The summed E-state index contributed by atoms with van der Waals surface area (Å²) in [6.07, 6.45) is 14.4. The van der Waals surface area contributed by atoms with Crippen LogP contribution in [-0.4, -0.2) is 38.5 Å². The molecule has 1 saturated carbocycles. The molecule has 2 aliphatic carbocycles. The number of hydrogen-bond acceptors (Lipinski definition) is 2. The molecule has 0 spiro atoms. The molecule has 0 heterocycles. The lowest BCUT2D eigenvalue weighted by Crippen LogP contribution is -2.42. The third kappa shape index (κ3) is 9.47. The minimum absolute atomic E-state index is 0. The largest absolute Gasteiger partial charge is 0.356 e. The van der Waals surface area contributed by atoms with E-state index in [1.54, 1.807) is 12.6 Å². The SMILES string of the molecule is CN=C(NCCNC(=O)CC1CCCC1)NCCC1=CCCCC1.I. The molecule has 0 bridgehead atoms. The van der Waals surface area contributed by atoms with E-state index in [0.29, 0.717) is 25.4 Å². The summed E-state index contributed by atoms with van der Waals surface area (Å²) in [5.41, 5.74) is 1.57. The van der Waals surface area contributed by atoms with Gasteiger partial charge in [0.1, 0.15) is 0 Å². The van der Waals surface area contributed by atoms with Crippen molar-refractivity contribution in [3.05, 3.63) is 11.6 Å². The van der Waals surface area contributed by atoms with Gasteiger partial charge in [-0.25, -0.2) is 0 Å². The molecule has 0 unspecified atom stereocenters. The van der Waals surface area contributed by atoms with E-state index in [1.807, 2.05) is 0 Å². The first kappa shape index (κ1) is 22.3. The van der Waals surface area contributed by atoms with Crippen molar-refractivity contribution in [3.8, 4) is 0 Å².